The van der Waals surface area contributed by atoms with E-state index < -0.39 is 0 Å². The predicted molar refractivity (Wildman–Crippen MR) is 79.0 cm³/mol. The van der Waals surface area contributed by atoms with Crippen LogP contribution in [0.2, 0.25) is 0 Å². The van der Waals surface area contributed by atoms with Crippen LogP contribution in [-0.2, 0) is 0 Å². The van der Waals surface area contributed by atoms with Crippen molar-refractivity contribution in [1.29, 1.82) is 0 Å². The Bertz CT molecular complexity index is 450. The molecule has 5 nitrogen and oxygen atoms in total. The number of carbonyl (C=O) groups excluding carboxylic acids is 1. The molecule has 110 valence electrons. The molecule has 0 atom stereocenters. The molecule has 0 spiro atoms. The molecule has 1 amide bonds. The highest BCUT2D eigenvalue weighted by Crippen LogP contribution is 2.20. The van der Waals surface area contributed by atoms with Gasteiger partial charge in [0.15, 0.2) is 0 Å². The maximum Gasteiger partial charge on any atom is 0.257 e. The monoisotopic (exact) mass is 277 g/mol. The van der Waals surface area contributed by atoms with Crippen LogP contribution in [0.5, 0.6) is 5.75 Å². The summed E-state index contributed by atoms with van der Waals surface area (Å²) in [5, 5.41) is 0. The summed E-state index contributed by atoms with van der Waals surface area (Å²) >= 11 is 0. The predicted octanol–water partition coefficient (Wildman–Crippen LogP) is 0.802. The van der Waals surface area contributed by atoms with Gasteiger partial charge in [-0.15, -0.1) is 0 Å². The van der Waals surface area contributed by atoms with E-state index in [-0.39, 0.29) is 5.91 Å². The molecule has 0 unspecified atom stereocenters. The number of methoxy groups -OCH3 is 1. The second-order valence-corrected chi connectivity index (χ2v) is 4.98. The third kappa shape index (κ3) is 3.49. The van der Waals surface area contributed by atoms with Gasteiger partial charge in [-0.1, -0.05) is 12.1 Å². The minimum Gasteiger partial charge on any atom is -0.496 e. The number of nitrogens with two attached hydrogens (primary N) is 1. The van der Waals surface area contributed by atoms with E-state index in [1.165, 1.54) is 0 Å². The third-order valence-electron chi connectivity index (χ3n) is 3.66. The molecule has 1 aromatic carbocycles. The summed E-state index contributed by atoms with van der Waals surface area (Å²) in [6.07, 6.45) is 0.987. The second kappa shape index (κ2) is 7.26. The summed E-state index contributed by atoms with van der Waals surface area (Å²) in [6.45, 7) is 5.00. The van der Waals surface area contributed by atoms with Gasteiger partial charge in [-0.25, -0.2) is 0 Å². The topological polar surface area (TPSA) is 58.8 Å². The highest BCUT2D eigenvalue weighted by Gasteiger charge is 2.22. The van der Waals surface area contributed by atoms with Gasteiger partial charge < -0.3 is 20.3 Å². The van der Waals surface area contributed by atoms with Gasteiger partial charge in [-0.2, -0.15) is 0 Å². The number of amides is 1. The van der Waals surface area contributed by atoms with E-state index in [0.29, 0.717) is 17.9 Å². The van der Waals surface area contributed by atoms with Crippen molar-refractivity contribution in [3.63, 3.8) is 0 Å². The number of nitrogens with zero attached hydrogens (tertiary/aromatic N) is 2. The molecule has 1 aliphatic heterocycles. The molecule has 2 rings (SSSR count). The van der Waals surface area contributed by atoms with Crippen molar-refractivity contribution in [3.8, 4) is 5.75 Å². The summed E-state index contributed by atoms with van der Waals surface area (Å²) in [4.78, 5) is 16.8. The van der Waals surface area contributed by atoms with Crippen LogP contribution in [0.15, 0.2) is 24.3 Å². The third-order valence-corrected chi connectivity index (χ3v) is 3.66. The summed E-state index contributed by atoms with van der Waals surface area (Å²) in [5.74, 6) is 0.692. The maximum absolute atomic E-state index is 12.6. The smallest absolute Gasteiger partial charge is 0.257 e. The summed E-state index contributed by atoms with van der Waals surface area (Å²) in [6, 6.07) is 7.39. The van der Waals surface area contributed by atoms with Gasteiger partial charge in [0.1, 0.15) is 5.75 Å². The largest absolute Gasteiger partial charge is 0.496 e. The number of ether oxygens (including phenoxy) is 1. The van der Waals surface area contributed by atoms with Crippen molar-refractivity contribution >= 4 is 5.91 Å². The minimum absolute atomic E-state index is 0.0528. The van der Waals surface area contributed by atoms with E-state index >= 15 is 0 Å². The summed E-state index contributed by atoms with van der Waals surface area (Å²) < 4.78 is 5.27. The number of carbonyl (C=O) groups is 1. The molecule has 0 aromatic heterocycles. The van der Waals surface area contributed by atoms with Gasteiger partial charge in [-0.3, -0.25) is 4.79 Å². The fraction of sp³-hybridized carbons (Fsp3) is 0.533. The molecule has 5 heteroatoms. The van der Waals surface area contributed by atoms with Crippen molar-refractivity contribution < 1.29 is 9.53 Å². The quantitative estimate of drug-likeness (QED) is 0.884. The Morgan fingerprint density at radius 3 is 2.80 bits per heavy atom. The maximum atomic E-state index is 12.6. The molecule has 20 heavy (non-hydrogen) atoms. The number of hydrogen-bond donors (Lipinski definition) is 1. The first kappa shape index (κ1) is 14.8. The van der Waals surface area contributed by atoms with Crippen LogP contribution in [0.25, 0.3) is 0 Å². The van der Waals surface area contributed by atoms with Crippen LogP contribution in [0, 0.1) is 0 Å². The normalized spacial score (nSPS) is 16.8. The Labute approximate surface area is 120 Å². The number of rotatable bonds is 4. The van der Waals surface area contributed by atoms with Crippen molar-refractivity contribution in [2.75, 3.05) is 46.4 Å². The Morgan fingerprint density at radius 1 is 1.25 bits per heavy atom. The standard InChI is InChI=1S/C15H23N3O2/c1-20-14-6-3-2-5-13(14)15(19)18-9-4-8-17(10-7-16)11-12-18/h2-3,5-6H,4,7-12,16H2,1H3. The average Bonchev–Trinajstić information content (AvgIpc) is 2.72. The van der Waals surface area contributed by atoms with E-state index in [1.54, 1.807) is 7.11 Å². The minimum atomic E-state index is 0.0528. The fourth-order valence-corrected chi connectivity index (χ4v) is 2.57. The van der Waals surface area contributed by atoms with Gasteiger partial charge in [-0.05, 0) is 25.1 Å². The van der Waals surface area contributed by atoms with Crippen LogP contribution >= 0.6 is 0 Å². The van der Waals surface area contributed by atoms with Crippen molar-refractivity contribution in [2.24, 2.45) is 5.73 Å². The van der Waals surface area contributed by atoms with Crippen LogP contribution in [0.3, 0.4) is 0 Å². The SMILES string of the molecule is COc1ccccc1C(=O)N1CCCN(CCN)CC1. The van der Waals surface area contributed by atoms with Crippen LogP contribution in [0.1, 0.15) is 16.8 Å². The lowest BCUT2D eigenvalue weighted by molar-refractivity contribution is 0.0758. The zero-order chi connectivity index (χ0) is 14.4. The molecule has 1 fully saturated rings. The van der Waals surface area contributed by atoms with E-state index in [0.717, 1.165) is 39.1 Å². The Hall–Kier alpha value is -1.59. The number of benzene rings is 1. The van der Waals surface area contributed by atoms with Crippen LogP contribution in [0.4, 0.5) is 0 Å². The van der Waals surface area contributed by atoms with Crippen LogP contribution < -0.4 is 10.5 Å². The van der Waals surface area contributed by atoms with Gasteiger partial charge >= 0.3 is 0 Å². The molecular weight excluding hydrogens is 254 g/mol. The summed E-state index contributed by atoms with van der Waals surface area (Å²) in [5.41, 5.74) is 6.24. The van der Waals surface area contributed by atoms with Crippen molar-refractivity contribution in [1.82, 2.24) is 9.80 Å². The molecule has 2 N–H and O–H groups in total. The molecule has 1 heterocycles. The first-order valence-corrected chi connectivity index (χ1v) is 7.11. The fourth-order valence-electron chi connectivity index (χ4n) is 2.57. The number of hydrogen-bond acceptors (Lipinski definition) is 4. The molecule has 0 saturated carbocycles. The Balaban J connectivity index is 2.05. The molecule has 1 aromatic rings. The lowest BCUT2D eigenvalue weighted by atomic mass is 10.1. The highest BCUT2D eigenvalue weighted by molar-refractivity contribution is 5.97. The van der Waals surface area contributed by atoms with Gasteiger partial charge in [0.2, 0.25) is 0 Å². The highest BCUT2D eigenvalue weighted by atomic mass is 16.5. The van der Waals surface area contributed by atoms with E-state index in [2.05, 4.69) is 4.90 Å². The lowest BCUT2D eigenvalue weighted by Gasteiger charge is -2.22. The lowest BCUT2D eigenvalue weighted by Crippen LogP contribution is -2.36. The van der Waals surface area contributed by atoms with E-state index in [9.17, 15) is 4.79 Å². The van der Waals surface area contributed by atoms with Crippen LogP contribution in [-0.4, -0.2) is 62.1 Å². The average molecular weight is 277 g/mol. The zero-order valence-electron chi connectivity index (χ0n) is 12.0. The van der Waals surface area contributed by atoms with Crippen molar-refractivity contribution in [3.05, 3.63) is 29.8 Å². The molecular formula is C15H23N3O2. The Morgan fingerprint density at radius 2 is 2.05 bits per heavy atom. The zero-order valence-corrected chi connectivity index (χ0v) is 12.0. The second-order valence-electron chi connectivity index (χ2n) is 4.98. The first-order chi connectivity index (χ1) is 9.76. The van der Waals surface area contributed by atoms with Gasteiger partial charge in [0.25, 0.3) is 5.91 Å². The molecule has 1 saturated heterocycles. The Kier molecular flexibility index (Phi) is 5.38. The first-order valence-electron chi connectivity index (χ1n) is 7.11. The van der Waals surface area contributed by atoms with Gasteiger partial charge in [0, 0.05) is 32.7 Å². The van der Waals surface area contributed by atoms with Crippen molar-refractivity contribution in [2.45, 2.75) is 6.42 Å². The van der Waals surface area contributed by atoms with E-state index in [1.807, 2.05) is 29.2 Å². The molecule has 0 bridgehead atoms. The molecule has 0 radical (unpaired) electrons. The number of para-hydroxylation sites is 1. The van der Waals surface area contributed by atoms with E-state index in [4.69, 9.17) is 10.5 Å². The molecule has 0 aliphatic carbocycles. The van der Waals surface area contributed by atoms with Gasteiger partial charge in [0.05, 0.1) is 12.7 Å². The molecule has 1 aliphatic rings. The summed E-state index contributed by atoms with van der Waals surface area (Å²) in [7, 11) is 1.59.